The first kappa shape index (κ1) is 9.93. The van der Waals surface area contributed by atoms with E-state index < -0.39 is 0 Å². The highest BCUT2D eigenvalue weighted by Crippen LogP contribution is 2.13. The number of anilines is 1. The fourth-order valence-corrected chi connectivity index (χ4v) is 1.06. The summed E-state index contributed by atoms with van der Waals surface area (Å²) in [6.45, 7) is 1.36. The molecule has 0 aromatic heterocycles. The molecular formula is C10H8N2O2. The normalized spacial score (nSPS) is 8.86. The maximum Gasteiger partial charge on any atom is 0.221 e. The molecule has 0 saturated carbocycles. The summed E-state index contributed by atoms with van der Waals surface area (Å²) in [6, 6.07) is 6.38. The Labute approximate surface area is 81.2 Å². The van der Waals surface area contributed by atoms with Crippen LogP contribution in [0.1, 0.15) is 22.8 Å². The number of carbonyl (C=O) groups is 2. The van der Waals surface area contributed by atoms with Gasteiger partial charge in [-0.2, -0.15) is 5.26 Å². The molecule has 0 fully saturated rings. The number of hydrogen-bond acceptors (Lipinski definition) is 3. The Kier molecular flexibility index (Phi) is 2.97. The lowest BCUT2D eigenvalue weighted by Crippen LogP contribution is -2.06. The number of nitriles is 1. The summed E-state index contributed by atoms with van der Waals surface area (Å²) in [6.07, 6.45) is 0.631. The molecular weight excluding hydrogens is 180 g/mol. The van der Waals surface area contributed by atoms with Crippen molar-refractivity contribution in [3.8, 4) is 6.07 Å². The van der Waals surface area contributed by atoms with E-state index in [1.165, 1.54) is 25.1 Å². The summed E-state index contributed by atoms with van der Waals surface area (Å²) in [7, 11) is 0. The molecule has 0 bridgehead atoms. The molecule has 1 amide bonds. The van der Waals surface area contributed by atoms with Crippen LogP contribution in [0.15, 0.2) is 18.2 Å². The second-order valence-electron chi connectivity index (χ2n) is 2.75. The molecule has 1 N–H and O–H groups in total. The second-order valence-corrected chi connectivity index (χ2v) is 2.75. The summed E-state index contributed by atoms with van der Waals surface area (Å²) in [5.74, 6) is -0.239. The highest BCUT2D eigenvalue weighted by Gasteiger charge is 2.01. The van der Waals surface area contributed by atoms with Gasteiger partial charge in [0.05, 0.1) is 11.6 Å². The van der Waals surface area contributed by atoms with E-state index in [0.717, 1.165) is 0 Å². The number of nitrogens with one attached hydrogen (secondary N) is 1. The topological polar surface area (TPSA) is 70.0 Å². The lowest BCUT2D eigenvalue weighted by atomic mass is 10.1. The fourth-order valence-electron chi connectivity index (χ4n) is 1.06. The third kappa shape index (κ3) is 2.42. The molecule has 4 heteroatoms. The molecule has 0 aliphatic carbocycles. The molecule has 0 atom stereocenters. The molecule has 1 aromatic rings. The zero-order valence-electron chi connectivity index (χ0n) is 7.57. The zero-order chi connectivity index (χ0) is 10.6. The minimum absolute atomic E-state index is 0.239. The van der Waals surface area contributed by atoms with Gasteiger partial charge in [0.2, 0.25) is 5.91 Å². The summed E-state index contributed by atoms with van der Waals surface area (Å²) in [5.41, 5.74) is 1.17. The van der Waals surface area contributed by atoms with Gasteiger partial charge in [0.1, 0.15) is 6.29 Å². The molecule has 1 aromatic carbocycles. The highest BCUT2D eigenvalue weighted by atomic mass is 16.1. The second kappa shape index (κ2) is 4.19. The van der Waals surface area contributed by atoms with Crippen molar-refractivity contribution in [2.24, 2.45) is 0 Å². The summed E-state index contributed by atoms with van der Waals surface area (Å²) >= 11 is 0. The van der Waals surface area contributed by atoms with Crippen molar-refractivity contribution in [2.45, 2.75) is 6.92 Å². The number of aldehydes is 1. The lowest BCUT2D eigenvalue weighted by molar-refractivity contribution is -0.114. The first-order valence-electron chi connectivity index (χ1n) is 3.93. The van der Waals surface area contributed by atoms with Gasteiger partial charge >= 0.3 is 0 Å². The number of nitrogens with zero attached hydrogens (tertiary/aromatic N) is 1. The van der Waals surface area contributed by atoms with Crippen molar-refractivity contribution < 1.29 is 9.59 Å². The monoisotopic (exact) mass is 188 g/mol. The molecule has 0 saturated heterocycles. The van der Waals surface area contributed by atoms with Crippen molar-refractivity contribution in [3.63, 3.8) is 0 Å². The van der Waals surface area contributed by atoms with E-state index in [2.05, 4.69) is 5.32 Å². The molecule has 1 rings (SSSR count). The van der Waals surface area contributed by atoms with Crippen LogP contribution in [0.4, 0.5) is 5.69 Å². The van der Waals surface area contributed by atoms with Gasteiger partial charge in [-0.1, -0.05) is 0 Å². The Hall–Kier alpha value is -2.15. The minimum atomic E-state index is -0.239. The Morgan fingerprint density at radius 1 is 1.50 bits per heavy atom. The van der Waals surface area contributed by atoms with Crippen LogP contribution in [0.2, 0.25) is 0 Å². The Bertz CT molecular complexity index is 419. The third-order valence-electron chi connectivity index (χ3n) is 1.54. The number of carbonyl (C=O) groups excluding carboxylic acids is 2. The zero-order valence-corrected chi connectivity index (χ0v) is 7.57. The van der Waals surface area contributed by atoms with Crippen LogP contribution in [0.25, 0.3) is 0 Å². The first-order valence-corrected chi connectivity index (χ1v) is 3.93. The van der Waals surface area contributed by atoms with Gasteiger partial charge in [0.25, 0.3) is 0 Å². The largest absolute Gasteiger partial charge is 0.326 e. The average Bonchev–Trinajstić information content (AvgIpc) is 2.16. The summed E-state index contributed by atoms with van der Waals surface area (Å²) < 4.78 is 0. The number of rotatable bonds is 2. The minimum Gasteiger partial charge on any atom is -0.326 e. The Morgan fingerprint density at radius 3 is 2.71 bits per heavy atom. The van der Waals surface area contributed by atoms with E-state index in [1.54, 1.807) is 0 Å². The maximum atomic E-state index is 10.7. The quantitative estimate of drug-likeness (QED) is 0.711. The van der Waals surface area contributed by atoms with Crippen LogP contribution in [0.3, 0.4) is 0 Å². The van der Waals surface area contributed by atoms with E-state index in [9.17, 15) is 9.59 Å². The van der Waals surface area contributed by atoms with Gasteiger partial charge in [-0.3, -0.25) is 9.59 Å². The van der Waals surface area contributed by atoms with Crippen molar-refractivity contribution in [1.82, 2.24) is 0 Å². The first-order chi connectivity index (χ1) is 6.65. The Morgan fingerprint density at radius 2 is 2.21 bits per heavy atom. The smallest absolute Gasteiger partial charge is 0.221 e. The van der Waals surface area contributed by atoms with E-state index >= 15 is 0 Å². The van der Waals surface area contributed by atoms with Crippen LogP contribution < -0.4 is 5.32 Å². The molecule has 0 radical (unpaired) electrons. The SMILES string of the molecule is CC(=O)Nc1cc(C#N)cc(C=O)c1. The average molecular weight is 188 g/mol. The number of benzene rings is 1. The standard InChI is InChI=1S/C10H8N2O2/c1-7(14)12-10-3-8(5-11)2-9(4-10)6-13/h2-4,6H,1H3,(H,12,14). The lowest BCUT2D eigenvalue weighted by Gasteiger charge is -2.02. The highest BCUT2D eigenvalue weighted by molar-refractivity contribution is 5.90. The van der Waals surface area contributed by atoms with Gasteiger partial charge in [-0.15, -0.1) is 0 Å². The van der Waals surface area contributed by atoms with Gasteiger partial charge in [0, 0.05) is 18.2 Å². The van der Waals surface area contributed by atoms with E-state index in [4.69, 9.17) is 5.26 Å². The van der Waals surface area contributed by atoms with E-state index in [0.29, 0.717) is 23.1 Å². The van der Waals surface area contributed by atoms with Crippen LogP contribution >= 0.6 is 0 Å². The predicted molar refractivity (Wildman–Crippen MR) is 50.8 cm³/mol. The molecule has 0 spiro atoms. The maximum absolute atomic E-state index is 10.7. The molecule has 0 heterocycles. The predicted octanol–water partition coefficient (Wildman–Crippen LogP) is 1.33. The molecule has 0 unspecified atom stereocenters. The van der Waals surface area contributed by atoms with Gasteiger partial charge in [-0.25, -0.2) is 0 Å². The Balaban J connectivity index is 3.12. The number of amides is 1. The molecule has 0 aliphatic rings. The third-order valence-corrected chi connectivity index (χ3v) is 1.54. The van der Waals surface area contributed by atoms with Crippen LogP contribution in [-0.4, -0.2) is 12.2 Å². The van der Waals surface area contributed by atoms with Crippen LogP contribution in [-0.2, 0) is 4.79 Å². The van der Waals surface area contributed by atoms with Crippen molar-refractivity contribution in [2.75, 3.05) is 5.32 Å². The van der Waals surface area contributed by atoms with Crippen LogP contribution in [0.5, 0.6) is 0 Å². The van der Waals surface area contributed by atoms with Gasteiger partial charge in [-0.05, 0) is 18.2 Å². The van der Waals surface area contributed by atoms with E-state index in [1.807, 2.05) is 6.07 Å². The van der Waals surface area contributed by atoms with Crippen molar-refractivity contribution in [3.05, 3.63) is 29.3 Å². The van der Waals surface area contributed by atoms with E-state index in [-0.39, 0.29) is 5.91 Å². The molecule has 0 aliphatic heterocycles. The van der Waals surface area contributed by atoms with Crippen molar-refractivity contribution in [1.29, 1.82) is 5.26 Å². The summed E-state index contributed by atoms with van der Waals surface area (Å²) in [5, 5.41) is 11.1. The van der Waals surface area contributed by atoms with Crippen LogP contribution in [0, 0.1) is 11.3 Å². The molecule has 4 nitrogen and oxygen atoms in total. The molecule has 70 valence electrons. The van der Waals surface area contributed by atoms with Crippen molar-refractivity contribution >= 4 is 17.9 Å². The number of hydrogen-bond donors (Lipinski definition) is 1. The molecule has 14 heavy (non-hydrogen) atoms. The van der Waals surface area contributed by atoms with Gasteiger partial charge in [0.15, 0.2) is 0 Å². The van der Waals surface area contributed by atoms with Gasteiger partial charge < -0.3 is 5.32 Å². The summed E-state index contributed by atoms with van der Waals surface area (Å²) in [4.78, 5) is 21.2. The fraction of sp³-hybridized carbons (Fsp3) is 0.100.